The van der Waals surface area contributed by atoms with Crippen molar-refractivity contribution in [3.05, 3.63) is 35.4 Å². The van der Waals surface area contributed by atoms with Crippen molar-refractivity contribution in [3.63, 3.8) is 0 Å². The van der Waals surface area contributed by atoms with Crippen molar-refractivity contribution >= 4 is 21.8 Å². The van der Waals surface area contributed by atoms with E-state index in [1.54, 1.807) is 11.8 Å². The van der Waals surface area contributed by atoms with Crippen molar-refractivity contribution in [2.24, 2.45) is 0 Å². The van der Waals surface area contributed by atoms with Crippen LogP contribution >= 0.6 is 11.8 Å². The molecule has 1 aliphatic rings. The fraction of sp³-hybridized carbons (Fsp3) is 0.600. The normalized spacial score (nSPS) is 19.3. The molecule has 1 aliphatic heterocycles. The monoisotopic (exact) mass is 328 g/mol. The molecule has 2 rings (SSSR count). The van der Waals surface area contributed by atoms with Crippen molar-refractivity contribution in [2.45, 2.75) is 44.6 Å². The van der Waals surface area contributed by atoms with Gasteiger partial charge in [-0.3, -0.25) is 0 Å². The second kappa shape index (κ2) is 7.63. The number of hydrogen-bond acceptors (Lipinski definition) is 4. The smallest absolute Gasteiger partial charge is 0.216 e. The zero-order valence-corrected chi connectivity index (χ0v) is 14.3. The summed E-state index contributed by atoms with van der Waals surface area (Å²) < 4.78 is 27.2. The van der Waals surface area contributed by atoms with E-state index in [0.717, 1.165) is 35.6 Å². The van der Waals surface area contributed by atoms with Gasteiger partial charge < -0.3 is 5.32 Å². The van der Waals surface area contributed by atoms with E-state index in [4.69, 9.17) is 0 Å². The van der Waals surface area contributed by atoms with Crippen LogP contribution in [0, 0.1) is 0 Å². The average molecular weight is 329 g/mol. The summed E-state index contributed by atoms with van der Waals surface area (Å²) >= 11 is 1.81. The van der Waals surface area contributed by atoms with Gasteiger partial charge in [-0.15, -0.1) is 0 Å². The van der Waals surface area contributed by atoms with Crippen LogP contribution in [0.15, 0.2) is 24.3 Å². The predicted molar refractivity (Wildman–Crippen MR) is 89.9 cm³/mol. The van der Waals surface area contributed by atoms with Crippen LogP contribution in [0.4, 0.5) is 0 Å². The van der Waals surface area contributed by atoms with Gasteiger partial charge in [0.25, 0.3) is 0 Å². The van der Waals surface area contributed by atoms with E-state index in [2.05, 4.69) is 23.9 Å². The van der Waals surface area contributed by atoms with Gasteiger partial charge in [0, 0.05) is 24.4 Å². The molecule has 21 heavy (non-hydrogen) atoms. The van der Waals surface area contributed by atoms with Gasteiger partial charge in [0.05, 0.1) is 5.75 Å². The zero-order valence-electron chi connectivity index (χ0n) is 12.6. The number of sulfonamides is 1. The maximum Gasteiger partial charge on any atom is 0.216 e. The molecule has 0 saturated carbocycles. The number of hydrogen-bond donors (Lipinski definition) is 2. The molecule has 118 valence electrons. The number of thioether (sulfide) groups is 1. The Labute approximate surface area is 132 Å². The van der Waals surface area contributed by atoms with Gasteiger partial charge in [0.1, 0.15) is 0 Å². The van der Waals surface area contributed by atoms with Gasteiger partial charge >= 0.3 is 0 Å². The first kappa shape index (κ1) is 16.8. The van der Waals surface area contributed by atoms with Gasteiger partial charge in [0.2, 0.25) is 10.0 Å². The van der Waals surface area contributed by atoms with Crippen LogP contribution in [0.5, 0.6) is 0 Å². The highest BCUT2D eigenvalue weighted by atomic mass is 32.2. The third-order valence-electron chi connectivity index (χ3n) is 3.34. The summed E-state index contributed by atoms with van der Waals surface area (Å²) in [4.78, 5) is 0. The molecule has 1 heterocycles. The van der Waals surface area contributed by atoms with E-state index >= 15 is 0 Å². The number of benzene rings is 1. The minimum atomic E-state index is -3.25. The van der Waals surface area contributed by atoms with Crippen LogP contribution in [0.2, 0.25) is 0 Å². The highest BCUT2D eigenvalue weighted by Gasteiger charge is 2.21. The van der Waals surface area contributed by atoms with Crippen molar-refractivity contribution < 1.29 is 8.42 Å². The van der Waals surface area contributed by atoms with E-state index in [1.165, 1.54) is 0 Å². The van der Waals surface area contributed by atoms with Crippen molar-refractivity contribution in [1.29, 1.82) is 0 Å². The quantitative estimate of drug-likeness (QED) is 0.805. The van der Waals surface area contributed by atoms with Crippen LogP contribution in [-0.2, 0) is 22.3 Å². The van der Waals surface area contributed by atoms with E-state index < -0.39 is 10.0 Å². The molecule has 1 atom stereocenters. The first-order chi connectivity index (χ1) is 9.94. The highest BCUT2D eigenvalue weighted by Crippen LogP contribution is 2.18. The summed E-state index contributed by atoms with van der Waals surface area (Å²) in [7, 11) is -3.25. The van der Waals surface area contributed by atoms with Crippen LogP contribution in [0.3, 0.4) is 0 Å². The summed E-state index contributed by atoms with van der Waals surface area (Å²) in [6.07, 6.45) is 0.933. The summed E-state index contributed by atoms with van der Waals surface area (Å²) in [5.41, 5.74) is 1.96. The summed E-state index contributed by atoms with van der Waals surface area (Å²) in [6, 6.07) is 8.31. The molecule has 1 aromatic carbocycles. The largest absolute Gasteiger partial charge is 0.310 e. The van der Waals surface area contributed by atoms with Gasteiger partial charge in [-0.1, -0.05) is 38.1 Å². The van der Waals surface area contributed by atoms with E-state index in [9.17, 15) is 8.42 Å². The van der Waals surface area contributed by atoms with E-state index in [0.29, 0.717) is 6.04 Å². The summed E-state index contributed by atoms with van der Waals surface area (Å²) in [5, 5.41) is 3.34. The third kappa shape index (κ3) is 5.98. The minimum Gasteiger partial charge on any atom is -0.310 e. The summed E-state index contributed by atoms with van der Waals surface area (Å²) in [6.45, 7) is 4.95. The van der Waals surface area contributed by atoms with E-state index in [-0.39, 0.29) is 11.8 Å². The molecular formula is C15H24N2O2S2. The Morgan fingerprint density at radius 3 is 2.76 bits per heavy atom. The first-order valence-electron chi connectivity index (χ1n) is 7.33. The Bertz CT molecular complexity index is 553. The standard InChI is InChI=1S/C15H24N2O2S2/c1-12(2)16-9-13-4-3-5-14(8-13)11-21(18,19)17-15-6-7-20-10-15/h3-5,8,12,15-17H,6-7,9-11H2,1-2H3. The molecule has 6 heteroatoms. The maximum absolute atomic E-state index is 12.2. The molecule has 0 aromatic heterocycles. The fourth-order valence-electron chi connectivity index (χ4n) is 2.29. The van der Waals surface area contributed by atoms with Gasteiger partial charge in [0.15, 0.2) is 0 Å². The molecular weight excluding hydrogens is 304 g/mol. The SMILES string of the molecule is CC(C)NCc1cccc(CS(=O)(=O)NC2CCSC2)c1. The molecule has 2 N–H and O–H groups in total. The zero-order chi connectivity index (χ0) is 15.3. The average Bonchev–Trinajstić information content (AvgIpc) is 2.88. The molecule has 0 radical (unpaired) electrons. The van der Waals surface area contributed by atoms with Crippen LogP contribution in [-0.4, -0.2) is 32.0 Å². The third-order valence-corrected chi connectivity index (χ3v) is 5.91. The molecule has 4 nitrogen and oxygen atoms in total. The highest BCUT2D eigenvalue weighted by molar-refractivity contribution is 7.99. The van der Waals surface area contributed by atoms with Crippen molar-refractivity contribution in [3.8, 4) is 0 Å². The fourth-order valence-corrected chi connectivity index (χ4v) is 4.96. The Balaban J connectivity index is 1.96. The molecule has 0 aliphatic carbocycles. The first-order valence-corrected chi connectivity index (χ1v) is 10.1. The second-order valence-corrected chi connectivity index (χ2v) is 8.70. The second-order valence-electron chi connectivity index (χ2n) is 5.79. The van der Waals surface area contributed by atoms with Gasteiger partial charge in [-0.25, -0.2) is 13.1 Å². The number of rotatable bonds is 7. The van der Waals surface area contributed by atoms with Crippen molar-refractivity contribution in [2.75, 3.05) is 11.5 Å². The minimum absolute atomic E-state index is 0.0592. The molecule has 0 amide bonds. The van der Waals surface area contributed by atoms with E-state index in [1.807, 2.05) is 24.3 Å². The molecule has 1 aromatic rings. The maximum atomic E-state index is 12.2. The lowest BCUT2D eigenvalue weighted by Gasteiger charge is -2.13. The Morgan fingerprint density at radius 2 is 2.10 bits per heavy atom. The topological polar surface area (TPSA) is 58.2 Å². The van der Waals surface area contributed by atoms with Gasteiger partial charge in [-0.2, -0.15) is 11.8 Å². The molecule has 1 saturated heterocycles. The predicted octanol–water partition coefficient (Wildman–Crippen LogP) is 2.11. The van der Waals surface area contributed by atoms with Gasteiger partial charge in [-0.05, 0) is 23.3 Å². The Morgan fingerprint density at radius 1 is 1.33 bits per heavy atom. The lowest BCUT2D eigenvalue weighted by atomic mass is 10.1. The lowest BCUT2D eigenvalue weighted by Crippen LogP contribution is -2.35. The number of nitrogens with one attached hydrogen (secondary N) is 2. The molecule has 0 spiro atoms. The molecule has 1 fully saturated rings. The van der Waals surface area contributed by atoms with Crippen LogP contribution < -0.4 is 10.0 Å². The van der Waals surface area contributed by atoms with Crippen LogP contribution in [0.1, 0.15) is 31.4 Å². The Hall–Kier alpha value is -0.560. The lowest BCUT2D eigenvalue weighted by molar-refractivity contribution is 0.562. The Kier molecular flexibility index (Phi) is 6.10. The summed E-state index contributed by atoms with van der Waals surface area (Å²) in [5.74, 6) is 1.99. The van der Waals surface area contributed by atoms with Crippen molar-refractivity contribution in [1.82, 2.24) is 10.0 Å². The van der Waals surface area contributed by atoms with Crippen LogP contribution in [0.25, 0.3) is 0 Å². The molecule has 1 unspecified atom stereocenters. The molecule has 0 bridgehead atoms.